The summed E-state index contributed by atoms with van der Waals surface area (Å²) in [5, 5.41) is 12.5. The molecule has 2 aromatic rings. The maximum atomic E-state index is 12.6. The molecule has 2 N–H and O–H groups in total. The summed E-state index contributed by atoms with van der Waals surface area (Å²) in [6.07, 6.45) is 2.98. The third-order valence-electron chi connectivity index (χ3n) is 4.88. The summed E-state index contributed by atoms with van der Waals surface area (Å²) in [4.78, 5) is 24.4. The normalized spacial score (nSPS) is 15.4. The maximum absolute atomic E-state index is 12.6. The van der Waals surface area contributed by atoms with Crippen LogP contribution < -0.4 is 5.32 Å². The molecule has 0 aliphatic heterocycles. The highest BCUT2D eigenvalue weighted by Gasteiger charge is 2.35. The number of hydrogen-bond acceptors (Lipinski definition) is 2. The number of nitrogens with one attached hydrogen (secondary N) is 1. The first-order chi connectivity index (χ1) is 11.5. The molecule has 1 amide bonds. The third-order valence-corrected chi connectivity index (χ3v) is 4.88. The summed E-state index contributed by atoms with van der Waals surface area (Å²) < 4.78 is 0. The van der Waals surface area contributed by atoms with E-state index in [0.717, 1.165) is 24.8 Å². The number of carboxylic acid groups (broad SMARTS) is 1. The van der Waals surface area contributed by atoms with Crippen LogP contribution >= 0.6 is 0 Å². The Balaban J connectivity index is 1.80. The van der Waals surface area contributed by atoms with Gasteiger partial charge in [-0.15, -0.1) is 0 Å². The summed E-state index contributed by atoms with van der Waals surface area (Å²) in [5.74, 6) is -1.15. The first-order valence-corrected chi connectivity index (χ1v) is 8.20. The van der Waals surface area contributed by atoms with Gasteiger partial charge in [0.05, 0.1) is 0 Å². The van der Waals surface area contributed by atoms with Crippen LogP contribution in [0.1, 0.15) is 40.4 Å². The summed E-state index contributed by atoms with van der Waals surface area (Å²) in [7, 11) is 0. The third kappa shape index (κ3) is 2.92. The molecule has 0 heterocycles. The Kier molecular flexibility index (Phi) is 4.38. The van der Waals surface area contributed by atoms with E-state index in [1.165, 1.54) is 5.56 Å². The lowest BCUT2D eigenvalue weighted by atomic mass is 9.82. The van der Waals surface area contributed by atoms with Gasteiger partial charge in [0.15, 0.2) is 0 Å². The number of hydrogen-bond donors (Lipinski definition) is 2. The van der Waals surface area contributed by atoms with Gasteiger partial charge in [0.1, 0.15) is 5.41 Å². The van der Waals surface area contributed by atoms with E-state index in [1.807, 2.05) is 30.3 Å². The Hall–Kier alpha value is -2.62. The quantitative estimate of drug-likeness (QED) is 0.889. The summed E-state index contributed by atoms with van der Waals surface area (Å²) >= 11 is 0. The molecule has 24 heavy (non-hydrogen) atoms. The zero-order valence-corrected chi connectivity index (χ0v) is 13.7. The van der Waals surface area contributed by atoms with E-state index in [1.54, 1.807) is 19.1 Å². The van der Waals surface area contributed by atoms with Gasteiger partial charge >= 0.3 is 5.97 Å². The second kappa shape index (κ2) is 6.48. The fraction of sp³-hybridized carbons (Fsp3) is 0.300. The van der Waals surface area contributed by atoms with E-state index in [2.05, 4.69) is 11.4 Å². The van der Waals surface area contributed by atoms with Crippen molar-refractivity contribution in [3.63, 3.8) is 0 Å². The van der Waals surface area contributed by atoms with Crippen LogP contribution in [0.25, 0.3) is 0 Å². The van der Waals surface area contributed by atoms with Gasteiger partial charge in [0, 0.05) is 12.1 Å². The summed E-state index contributed by atoms with van der Waals surface area (Å²) in [6, 6.07) is 14.8. The minimum atomic E-state index is -1.16. The van der Waals surface area contributed by atoms with Crippen LogP contribution in [0.5, 0.6) is 0 Å². The first kappa shape index (κ1) is 16.2. The van der Waals surface area contributed by atoms with Crippen LogP contribution in [-0.2, 0) is 23.1 Å². The number of rotatable bonds is 5. The highest BCUT2D eigenvalue weighted by atomic mass is 16.4. The van der Waals surface area contributed by atoms with Crippen molar-refractivity contribution in [1.82, 2.24) is 5.32 Å². The molecule has 0 radical (unpaired) electrons. The Bertz CT molecular complexity index is 770. The van der Waals surface area contributed by atoms with Crippen molar-refractivity contribution in [2.75, 3.05) is 6.54 Å². The summed E-state index contributed by atoms with van der Waals surface area (Å²) in [6.45, 7) is 1.69. The lowest BCUT2D eigenvalue weighted by molar-refractivity contribution is -0.142. The predicted molar refractivity (Wildman–Crippen MR) is 92.2 cm³/mol. The standard InChI is InChI=1S/C20H21NO3/c1-20(19(23)24,15-9-3-2-4-10-15)13-21-18(22)17-12-6-8-14-7-5-11-16(14)17/h2-4,6,8-10,12H,5,7,11,13H2,1H3,(H,21,22)(H,23,24). The molecule has 124 valence electrons. The van der Waals surface area contributed by atoms with Crippen molar-refractivity contribution < 1.29 is 14.7 Å². The average molecular weight is 323 g/mol. The molecule has 0 bridgehead atoms. The molecule has 1 aliphatic rings. The lowest BCUT2D eigenvalue weighted by Gasteiger charge is -2.26. The van der Waals surface area contributed by atoms with Crippen LogP contribution in [0, 0.1) is 0 Å². The molecule has 1 aliphatic carbocycles. The van der Waals surface area contributed by atoms with E-state index in [-0.39, 0.29) is 12.5 Å². The molecule has 0 spiro atoms. The fourth-order valence-electron chi connectivity index (χ4n) is 3.29. The van der Waals surface area contributed by atoms with Crippen LogP contribution in [-0.4, -0.2) is 23.5 Å². The molecule has 3 rings (SSSR count). The van der Waals surface area contributed by atoms with Crippen LogP contribution in [0.2, 0.25) is 0 Å². The highest BCUT2D eigenvalue weighted by Crippen LogP contribution is 2.26. The van der Waals surface area contributed by atoms with Crippen molar-refractivity contribution in [2.24, 2.45) is 0 Å². The van der Waals surface area contributed by atoms with Gasteiger partial charge in [-0.2, -0.15) is 0 Å². The monoisotopic (exact) mass is 323 g/mol. The molecule has 1 unspecified atom stereocenters. The SMILES string of the molecule is CC(CNC(=O)c1cccc2c1CCC2)(C(=O)O)c1ccccc1. The van der Waals surface area contributed by atoms with Gasteiger partial charge in [-0.3, -0.25) is 9.59 Å². The molecule has 0 fully saturated rings. The van der Waals surface area contributed by atoms with Crippen LogP contribution in [0.3, 0.4) is 0 Å². The van der Waals surface area contributed by atoms with E-state index < -0.39 is 11.4 Å². The number of fused-ring (bicyclic) bond motifs is 1. The van der Waals surface area contributed by atoms with Gasteiger partial charge in [-0.25, -0.2) is 0 Å². The zero-order chi connectivity index (χ0) is 17.2. The van der Waals surface area contributed by atoms with Gasteiger partial charge in [0.2, 0.25) is 0 Å². The van der Waals surface area contributed by atoms with Crippen molar-refractivity contribution in [1.29, 1.82) is 0 Å². The van der Waals surface area contributed by atoms with Gasteiger partial charge in [-0.05, 0) is 48.9 Å². The smallest absolute Gasteiger partial charge is 0.315 e. The second-order valence-corrected chi connectivity index (χ2v) is 6.48. The van der Waals surface area contributed by atoms with E-state index in [0.29, 0.717) is 11.1 Å². The molecule has 0 aromatic heterocycles. The minimum Gasteiger partial charge on any atom is -0.481 e. The maximum Gasteiger partial charge on any atom is 0.315 e. The molecule has 1 atom stereocenters. The zero-order valence-electron chi connectivity index (χ0n) is 13.7. The van der Waals surface area contributed by atoms with Crippen LogP contribution in [0.15, 0.2) is 48.5 Å². The van der Waals surface area contributed by atoms with E-state index in [4.69, 9.17) is 0 Å². The van der Waals surface area contributed by atoms with Gasteiger partial charge in [0.25, 0.3) is 5.91 Å². The average Bonchev–Trinajstić information content (AvgIpc) is 3.08. The lowest BCUT2D eigenvalue weighted by Crippen LogP contribution is -2.44. The van der Waals surface area contributed by atoms with Crippen molar-refractivity contribution in [2.45, 2.75) is 31.6 Å². The Morgan fingerprint density at radius 2 is 1.83 bits per heavy atom. The Morgan fingerprint density at radius 1 is 1.08 bits per heavy atom. The number of aryl methyl sites for hydroxylation is 1. The Morgan fingerprint density at radius 3 is 2.54 bits per heavy atom. The first-order valence-electron chi connectivity index (χ1n) is 8.20. The molecular formula is C20H21NO3. The van der Waals surface area contributed by atoms with Gasteiger partial charge in [-0.1, -0.05) is 42.5 Å². The molecule has 2 aromatic carbocycles. The van der Waals surface area contributed by atoms with Crippen LogP contribution in [0.4, 0.5) is 0 Å². The highest BCUT2D eigenvalue weighted by molar-refractivity contribution is 5.96. The van der Waals surface area contributed by atoms with Crippen molar-refractivity contribution in [3.8, 4) is 0 Å². The number of carbonyl (C=O) groups is 2. The topological polar surface area (TPSA) is 66.4 Å². The predicted octanol–water partition coefficient (Wildman–Crippen LogP) is 2.95. The van der Waals surface area contributed by atoms with E-state index in [9.17, 15) is 14.7 Å². The Labute approximate surface area is 141 Å². The fourth-order valence-corrected chi connectivity index (χ4v) is 3.29. The number of carbonyl (C=O) groups excluding carboxylic acids is 1. The van der Waals surface area contributed by atoms with Crippen molar-refractivity contribution in [3.05, 3.63) is 70.8 Å². The second-order valence-electron chi connectivity index (χ2n) is 6.48. The molecular weight excluding hydrogens is 302 g/mol. The molecule has 0 saturated heterocycles. The summed E-state index contributed by atoms with van der Waals surface area (Å²) in [5.41, 5.74) is 2.52. The number of aliphatic carboxylic acids is 1. The number of amides is 1. The molecule has 0 saturated carbocycles. The minimum absolute atomic E-state index is 0.0504. The van der Waals surface area contributed by atoms with Crippen molar-refractivity contribution >= 4 is 11.9 Å². The molecule has 4 heteroatoms. The largest absolute Gasteiger partial charge is 0.481 e. The van der Waals surface area contributed by atoms with E-state index >= 15 is 0 Å². The molecule has 4 nitrogen and oxygen atoms in total. The number of carboxylic acids is 1. The van der Waals surface area contributed by atoms with Gasteiger partial charge < -0.3 is 10.4 Å². The number of benzene rings is 2.